The molecule has 0 atom stereocenters. The lowest BCUT2D eigenvalue weighted by Gasteiger charge is -2.05. The first-order valence-electron chi connectivity index (χ1n) is 4.09. The van der Waals surface area contributed by atoms with E-state index in [4.69, 9.17) is 14.4 Å². The first-order chi connectivity index (χ1) is 8.11. The van der Waals surface area contributed by atoms with Gasteiger partial charge in [0, 0.05) is 5.56 Å². The predicted octanol–water partition coefficient (Wildman–Crippen LogP) is -0.136. The zero-order valence-corrected chi connectivity index (χ0v) is 10.1. The average molecular weight is 291 g/mol. The van der Waals surface area contributed by atoms with Crippen molar-refractivity contribution < 1.29 is 30.7 Å². The number of rotatable bonds is 3. The van der Waals surface area contributed by atoms with Crippen LogP contribution in [0.15, 0.2) is 21.9 Å². The van der Waals surface area contributed by atoms with Gasteiger partial charge in [0.1, 0.15) is 15.9 Å². The highest BCUT2D eigenvalue weighted by atomic mass is 32.2. The number of hydrogen-bond donors (Lipinski definition) is 2. The number of aldehydes is 1. The highest BCUT2D eigenvalue weighted by molar-refractivity contribution is 7.86. The Morgan fingerprint density at radius 3 is 1.89 bits per heavy atom. The molecule has 0 saturated heterocycles. The van der Waals surface area contributed by atoms with E-state index in [1.165, 1.54) is 6.07 Å². The van der Waals surface area contributed by atoms with Crippen LogP contribution in [0.3, 0.4) is 0 Å². The van der Waals surface area contributed by atoms with Gasteiger partial charge in [-0.15, -0.1) is 0 Å². The lowest BCUT2D eigenvalue weighted by atomic mass is 10.1. The molecular weight excluding hydrogens is 286 g/mol. The van der Waals surface area contributed by atoms with E-state index in [1.807, 2.05) is 0 Å². The summed E-state index contributed by atoms with van der Waals surface area (Å²) in [7, 11) is -9.74. The van der Waals surface area contributed by atoms with Crippen LogP contribution in [-0.2, 0) is 20.2 Å². The van der Waals surface area contributed by atoms with Crippen LogP contribution in [-0.4, -0.2) is 32.2 Å². The number of nitrogens with zero attached hydrogens (tertiary/aromatic N) is 1. The lowest BCUT2D eigenvalue weighted by molar-refractivity contribution is 0.112. The Morgan fingerprint density at radius 2 is 1.56 bits per heavy atom. The summed E-state index contributed by atoms with van der Waals surface area (Å²) in [6, 6.07) is 2.36. The molecule has 0 aliphatic rings. The Hall–Kier alpha value is -1.80. The van der Waals surface area contributed by atoms with Gasteiger partial charge in [0.05, 0.1) is 5.56 Å². The molecule has 0 aliphatic heterocycles. The quantitative estimate of drug-likeness (QED) is 0.577. The van der Waals surface area contributed by atoms with Gasteiger partial charge in [-0.1, -0.05) is 0 Å². The summed E-state index contributed by atoms with van der Waals surface area (Å²) >= 11 is 0. The second-order valence-corrected chi connectivity index (χ2v) is 5.85. The van der Waals surface area contributed by atoms with E-state index in [9.17, 15) is 21.6 Å². The minimum atomic E-state index is -4.87. The molecule has 18 heavy (non-hydrogen) atoms. The Kier molecular flexibility index (Phi) is 3.54. The maximum absolute atomic E-state index is 10.9. The van der Waals surface area contributed by atoms with Crippen molar-refractivity contribution in [3.63, 3.8) is 0 Å². The fourth-order valence-corrected chi connectivity index (χ4v) is 2.59. The molecule has 2 N–H and O–H groups in total. The van der Waals surface area contributed by atoms with Crippen molar-refractivity contribution in [1.82, 2.24) is 0 Å². The van der Waals surface area contributed by atoms with E-state index >= 15 is 0 Å². The van der Waals surface area contributed by atoms with E-state index < -0.39 is 41.2 Å². The molecule has 0 spiro atoms. The monoisotopic (exact) mass is 291 g/mol. The molecular formula is C8H5NO7S2. The Balaban J connectivity index is 3.90. The van der Waals surface area contributed by atoms with Crippen molar-refractivity contribution in [3.05, 3.63) is 23.3 Å². The van der Waals surface area contributed by atoms with Gasteiger partial charge in [0.2, 0.25) is 0 Å². The number of carbonyl (C=O) groups excluding carboxylic acids is 1. The molecule has 0 radical (unpaired) electrons. The third-order valence-electron chi connectivity index (χ3n) is 1.92. The molecule has 0 heterocycles. The van der Waals surface area contributed by atoms with Gasteiger partial charge in [-0.3, -0.25) is 13.9 Å². The standard InChI is InChI=1S/C8H5NO7S2/c9-3-5-1-6(4-10)8(18(14,15)16)2-7(5)17(11,12)13/h1-2,4H,(H,11,12,13)(H,14,15,16). The van der Waals surface area contributed by atoms with Crippen molar-refractivity contribution in [2.75, 3.05) is 0 Å². The van der Waals surface area contributed by atoms with Crippen LogP contribution in [0.1, 0.15) is 15.9 Å². The number of carbonyl (C=O) groups is 1. The van der Waals surface area contributed by atoms with Gasteiger partial charge in [0.15, 0.2) is 6.29 Å². The first-order valence-corrected chi connectivity index (χ1v) is 6.97. The summed E-state index contributed by atoms with van der Waals surface area (Å²) in [6.07, 6.45) is 0.0255. The normalized spacial score (nSPS) is 11.8. The van der Waals surface area contributed by atoms with Crippen molar-refractivity contribution >= 4 is 26.5 Å². The van der Waals surface area contributed by atoms with Gasteiger partial charge in [-0.2, -0.15) is 22.1 Å². The maximum atomic E-state index is 10.9. The Labute approximate surface area is 102 Å². The largest absolute Gasteiger partial charge is 0.298 e. The van der Waals surface area contributed by atoms with Crippen molar-refractivity contribution in [2.45, 2.75) is 9.79 Å². The van der Waals surface area contributed by atoms with E-state index in [0.717, 1.165) is 0 Å². The Bertz CT molecular complexity index is 755. The summed E-state index contributed by atoms with van der Waals surface area (Å²) < 4.78 is 61.3. The first kappa shape index (κ1) is 14.3. The fraction of sp³-hybridized carbons (Fsp3) is 0. The molecule has 0 amide bonds. The summed E-state index contributed by atoms with van der Waals surface area (Å²) in [5.41, 5.74) is -1.21. The van der Waals surface area contributed by atoms with Gasteiger partial charge >= 0.3 is 0 Å². The summed E-state index contributed by atoms with van der Waals surface area (Å²) in [5, 5.41) is 8.64. The molecule has 1 aromatic carbocycles. The Morgan fingerprint density at radius 1 is 1.06 bits per heavy atom. The number of hydrogen-bond acceptors (Lipinski definition) is 6. The van der Waals surface area contributed by atoms with Crippen LogP contribution in [0, 0.1) is 11.3 Å². The van der Waals surface area contributed by atoms with Crippen LogP contribution in [0.5, 0.6) is 0 Å². The number of nitriles is 1. The van der Waals surface area contributed by atoms with Crippen molar-refractivity contribution in [2.24, 2.45) is 0 Å². The molecule has 0 aromatic heterocycles. The molecule has 0 saturated carbocycles. The van der Waals surface area contributed by atoms with Gasteiger partial charge in [-0.05, 0) is 12.1 Å². The SMILES string of the molecule is N#Cc1cc(C=O)c(S(=O)(=O)O)cc1S(=O)(=O)O. The van der Waals surface area contributed by atoms with Crippen LogP contribution in [0.2, 0.25) is 0 Å². The smallest absolute Gasteiger partial charge is 0.295 e. The average Bonchev–Trinajstić information content (AvgIpc) is 2.24. The molecule has 0 unspecified atom stereocenters. The second-order valence-electron chi connectivity index (χ2n) is 3.07. The van der Waals surface area contributed by atoms with Crippen molar-refractivity contribution in [1.29, 1.82) is 5.26 Å². The second kappa shape index (κ2) is 4.46. The maximum Gasteiger partial charge on any atom is 0.295 e. The highest BCUT2D eigenvalue weighted by Gasteiger charge is 2.24. The summed E-state index contributed by atoms with van der Waals surface area (Å²) in [5.74, 6) is 0. The minimum Gasteiger partial charge on any atom is -0.298 e. The lowest BCUT2D eigenvalue weighted by Crippen LogP contribution is -2.08. The van der Waals surface area contributed by atoms with Crippen LogP contribution in [0.4, 0.5) is 0 Å². The van der Waals surface area contributed by atoms with E-state index in [2.05, 4.69) is 0 Å². The summed E-state index contributed by atoms with van der Waals surface area (Å²) in [6.45, 7) is 0. The van der Waals surface area contributed by atoms with Crippen LogP contribution in [0.25, 0.3) is 0 Å². The third kappa shape index (κ3) is 2.71. The van der Waals surface area contributed by atoms with Gasteiger partial charge in [-0.25, -0.2) is 0 Å². The van der Waals surface area contributed by atoms with Gasteiger partial charge < -0.3 is 0 Å². The minimum absolute atomic E-state index is 0.0255. The molecule has 96 valence electrons. The summed E-state index contributed by atoms with van der Waals surface area (Å²) in [4.78, 5) is 8.59. The molecule has 1 rings (SSSR count). The van der Waals surface area contributed by atoms with Crippen molar-refractivity contribution in [3.8, 4) is 6.07 Å². The van der Waals surface area contributed by atoms with Gasteiger partial charge in [0.25, 0.3) is 20.2 Å². The van der Waals surface area contributed by atoms with E-state index in [-0.39, 0.29) is 6.29 Å². The molecule has 0 aliphatic carbocycles. The van der Waals surface area contributed by atoms with E-state index in [0.29, 0.717) is 12.1 Å². The zero-order valence-electron chi connectivity index (χ0n) is 8.43. The molecule has 10 heteroatoms. The molecule has 0 bridgehead atoms. The topological polar surface area (TPSA) is 150 Å². The number of benzene rings is 1. The van der Waals surface area contributed by atoms with Crippen LogP contribution >= 0.6 is 0 Å². The molecule has 1 aromatic rings. The highest BCUT2D eigenvalue weighted by Crippen LogP contribution is 2.23. The zero-order chi connectivity index (χ0) is 14.1. The van der Waals surface area contributed by atoms with Crippen LogP contribution < -0.4 is 0 Å². The van der Waals surface area contributed by atoms with E-state index in [1.54, 1.807) is 0 Å². The predicted molar refractivity (Wildman–Crippen MR) is 56.2 cm³/mol. The third-order valence-corrected chi connectivity index (χ3v) is 3.72. The fourth-order valence-electron chi connectivity index (χ4n) is 1.19. The molecule has 0 fully saturated rings. The molecule has 8 nitrogen and oxygen atoms in total.